The number of carbonyl (C=O) groups is 3. The molecule has 2 aliphatic rings. The van der Waals surface area contributed by atoms with Gasteiger partial charge in [0.15, 0.2) is 0 Å². The molecule has 0 saturated heterocycles. The Morgan fingerprint density at radius 3 is 1.62 bits per heavy atom. The van der Waals surface area contributed by atoms with Gasteiger partial charge in [-0.1, -0.05) is 205 Å². The van der Waals surface area contributed by atoms with Crippen LogP contribution >= 0.6 is 22.7 Å². The number of rotatable bonds is 31. The summed E-state index contributed by atoms with van der Waals surface area (Å²) < 4.78 is 8.06. The highest BCUT2D eigenvalue weighted by Crippen LogP contribution is 2.50. The fourth-order valence-corrected chi connectivity index (χ4v) is 13.7. The van der Waals surface area contributed by atoms with Crippen molar-refractivity contribution in [3.8, 4) is 16.2 Å². The fraction of sp³-hybridized carbons (Fsp3) is 0.492. The van der Waals surface area contributed by atoms with E-state index in [0.29, 0.717) is 47.4 Å². The summed E-state index contributed by atoms with van der Waals surface area (Å²) >= 11 is 3.37. The highest BCUT2D eigenvalue weighted by Gasteiger charge is 2.43. The van der Waals surface area contributed by atoms with Crippen molar-refractivity contribution in [2.45, 2.75) is 182 Å². The summed E-state index contributed by atoms with van der Waals surface area (Å²) in [6.45, 7) is 10.4. The average Bonchev–Trinajstić information content (AvgIpc) is 4.19. The molecule has 0 spiro atoms. The first-order chi connectivity index (χ1) is 35.8. The zero-order valence-corrected chi connectivity index (χ0v) is 46.3. The number of hydrogen-bond donors (Lipinski definition) is 0. The molecule has 0 fully saturated rings. The van der Waals surface area contributed by atoms with Crippen molar-refractivity contribution < 1.29 is 19.1 Å². The van der Waals surface area contributed by atoms with Crippen LogP contribution in [0.5, 0.6) is 5.75 Å². The number of anilines is 2. The number of unbranched alkanes of at least 4 members (excludes halogenated alkanes) is 16. The Bertz CT molecular complexity index is 2780. The molecule has 4 heterocycles. The average molecular weight is 1020 g/mol. The summed E-state index contributed by atoms with van der Waals surface area (Å²) in [4.78, 5) is 49.9. The molecule has 388 valence electrons. The van der Waals surface area contributed by atoms with Gasteiger partial charge in [0.1, 0.15) is 5.75 Å². The molecule has 6 aromatic rings. The minimum absolute atomic E-state index is 0.0304. The van der Waals surface area contributed by atoms with E-state index in [1.807, 2.05) is 46.7 Å². The van der Waals surface area contributed by atoms with Crippen LogP contribution in [0, 0.1) is 11.8 Å². The smallest absolute Gasteiger partial charge is 0.344 e. The van der Waals surface area contributed by atoms with E-state index in [9.17, 15) is 4.79 Å². The minimum Gasteiger partial charge on any atom is -0.423 e. The molecule has 8 heteroatoms. The van der Waals surface area contributed by atoms with Gasteiger partial charge in [0.05, 0.1) is 37.5 Å². The summed E-state index contributed by atoms with van der Waals surface area (Å²) in [5.41, 5.74) is 6.27. The Morgan fingerprint density at radius 1 is 0.521 bits per heavy atom. The molecule has 2 atom stereocenters. The largest absolute Gasteiger partial charge is 0.423 e. The molecular formula is C65H82N2O4S2. The molecule has 2 aliphatic heterocycles. The van der Waals surface area contributed by atoms with Gasteiger partial charge in [0.25, 0.3) is 11.8 Å². The van der Waals surface area contributed by atoms with E-state index in [1.165, 1.54) is 122 Å². The van der Waals surface area contributed by atoms with Gasteiger partial charge in [-0.15, -0.1) is 22.7 Å². The SMILES string of the molecule is CCCCCCCCC(CCCCCC)CN1C(=O)/C(=C2/C(=O)N(CC(CCCCCC)CCCCCCCC)c3cc(-c4cc5cc(C(=O)Oc6ccccc6)c6ccsc6c5s4)ccc32)c2ccccc21. The van der Waals surface area contributed by atoms with Gasteiger partial charge in [-0.3, -0.25) is 9.59 Å². The molecule has 0 N–H and O–H groups in total. The maximum Gasteiger partial charge on any atom is 0.344 e. The number of esters is 1. The summed E-state index contributed by atoms with van der Waals surface area (Å²) in [6, 6.07) is 30.2. The van der Waals surface area contributed by atoms with Crippen LogP contribution < -0.4 is 14.5 Å². The maximum atomic E-state index is 15.6. The standard InChI is InChI=1S/C65H82N2O4S2/c1-5-9-13-17-19-24-32-47(30-22-15-11-7-3)45-66-56-37-29-28-36-53(56)59(63(66)68)60-54-39-38-49(43-57(54)67(64(60)69)46-48(31-23-16-12-8-4)33-25-20-18-14-10-6-2)58-44-50-42-55(52-40-41-72-62(52)61(50)73-58)65(70)71-51-34-26-21-27-35-51/h21,26-29,34-44,47-48H,5-20,22-25,30-33,45-46H2,1-4H3/b60-59+. The van der Waals surface area contributed by atoms with Gasteiger partial charge in [-0.2, -0.15) is 0 Å². The van der Waals surface area contributed by atoms with Crippen LogP contribution in [0.25, 0.3) is 41.8 Å². The van der Waals surface area contributed by atoms with Crippen LogP contribution in [0.4, 0.5) is 11.4 Å². The molecule has 73 heavy (non-hydrogen) atoms. The topological polar surface area (TPSA) is 66.9 Å². The Morgan fingerprint density at radius 2 is 1.03 bits per heavy atom. The van der Waals surface area contributed by atoms with Crippen molar-refractivity contribution in [3.63, 3.8) is 0 Å². The Balaban J connectivity index is 1.16. The van der Waals surface area contributed by atoms with Crippen LogP contribution in [0.2, 0.25) is 0 Å². The second-order valence-corrected chi connectivity index (χ2v) is 23.2. The molecule has 2 unspecified atom stereocenters. The molecular weight excluding hydrogens is 937 g/mol. The number of carbonyl (C=O) groups excluding carboxylic acids is 3. The van der Waals surface area contributed by atoms with E-state index in [2.05, 4.69) is 75.1 Å². The van der Waals surface area contributed by atoms with Crippen molar-refractivity contribution in [1.82, 2.24) is 0 Å². The summed E-state index contributed by atoms with van der Waals surface area (Å²) in [7, 11) is 0. The lowest BCUT2D eigenvalue weighted by molar-refractivity contribution is -0.114. The van der Waals surface area contributed by atoms with E-state index in [4.69, 9.17) is 4.74 Å². The van der Waals surface area contributed by atoms with Crippen LogP contribution in [0.15, 0.2) is 96.4 Å². The molecule has 0 aliphatic carbocycles. The normalized spacial score (nSPS) is 15.2. The Labute approximate surface area is 445 Å². The number of amides is 2. The van der Waals surface area contributed by atoms with Gasteiger partial charge in [0, 0.05) is 34.5 Å². The number of para-hydroxylation sites is 2. The fourth-order valence-electron chi connectivity index (χ4n) is 11.5. The number of nitrogens with zero attached hydrogens (tertiary/aromatic N) is 2. The van der Waals surface area contributed by atoms with Gasteiger partial charge in [-0.25, -0.2) is 4.79 Å². The Kier molecular flexibility index (Phi) is 20.4. The minimum atomic E-state index is -0.372. The molecule has 8 rings (SSSR count). The number of thiophene rings is 2. The molecule has 2 aromatic heterocycles. The molecule has 0 bridgehead atoms. The third-order valence-electron chi connectivity index (χ3n) is 15.6. The molecule has 0 saturated carbocycles. The van der Waals surface area contributed by atoms with E-state index in [-0.39, 0.29) is 17.8 Å². The van der Waals surface area contributed by atoms with Crippen LogP contribution in [-0.2, 0) is 9.59 Å². The first-order valence-electron chi connectivity index (χ1n) is 28.7. The van der Waals surface area contributed by atoms with E-state index < -0.39 is 0 Å². The number of benzene rings is 4. The highest BCUT2D eigenvalue weighted by molar-refractivity contribution is 7.28. The lowest BCUT2D eigenvalue weighted by atomic mass is 9.93. The Hall–Kier alpha value is -5.05. The summed E-state index contributed by atoms with van der Waals surface area (Å²) in [5.74, 6) is 0.838. The quantitative estimate of drug-likeness (QED) is 0.0188. The first-order valence-corrected chi connectivity index (χ1v) is 30.4. The monoisotopic (exact) mass is 1020 g/mol. The van der Waals surface area contributed by atoms with E-state index >= 15 is 9.59 Å². The zero-order chi connectivity index (χ0) is 50.9. The van der Waals surface area contributed by atoms with Crippen molar-refractivity contribution in [3.05, 3.63) is 113 Å². The van der Waals surface area contributed by atoms with Crippen molar-refractivity contribution in [2.75, 3.05) is 22.9 Å². The maximum absolute atomic E-state index is 15.6. The lowest BCUT2D eigenvalue weighted by Gasteiger charge is -2.25. The third kappa shape index (κ3) is 13.4. The highest BCUT2D eigenvalue weighted by atomic mass is 32.1. The van der Waals surface area contributed by atoms with Gasteiger partial charge in [0.2, 0.25) is 0 Å². The predicted molar refractivity (Wildman–Crippen MR) is 312 cm³/mol. The van der Waals surface area contributed by atoms with E-state index in [1.54, 1.807) is 34.8 Å². The summed E-state index contributed by atoms with van der Waals surface area (Å²) in [6.07, 6.45) is 29.2. The van der Waals surface area contributed by atoms with Gasteiger partial charge < -0.3 is 14.5 Å². The first kappa shape index (κ1) is 54.2. The number of fused-ring (bicyclic) bond motifs is 5. The van der Waals surface area contributed by atoms with Crippen LogP contribution in [0.1, 0.15) is 203 Å². The van der Waals surface area contributed by atoms with Gasteiger partial charge >= 0.3 is 5.97 Å². The molecule has 4 aromatic carbocycles. The van der Waals surface area contributed by atoms with Crippen molar-refractivity contribution >= 4 is 83.2 Å². The number of ether oxygens (including phenoxy) is 1. The summed E-state index contributed by atoms with van der Waals surface area (Å²) in [5, 5.41) is 3.93. The molecule has 6 nitrogen and oxygen atoms in total. The molecule has 0 radical (unpaired) electrons. The van der Waals surface area contributed by atoms with Crippen molar-refractivity contribution in [1.29, 1.82) is 0 Å². The van der Waals surface area contributed by atoms with Gasteiger partial charge in [-0.05, 0) is 96.3 Å². The zero-order valence-electron chi connectivity index (χ0n) is 44.6. The molecule has 2 amide bonds. The second kappa shape index (κ2) is 27.5. The van der Waals surface area contributed by atoms with Crippen LogP contribution in [-0.4, -0.2) is 30.9 Å². The van der Waals surface area contributed by atoms with E-state index in [0.717, 1.165) is 85.2 Å². The predicted octanol–water partition coefficient (Wildman–Crippen LogP) is 19.3. The van der Waals surface area contributed by atoms with Crippen molar-refractivity contribution in [2.24, 2.45) is 11.8 Å². The third-order valence-corrected chi connectivity index (χ3v) is 17.9. The number of hydrogen-bond acceptors (Lipinski definition) is 6. The second-order valence-electron chi connectivity index (χ2n) is 21.2. The van der Waals surface area contributed by atoms with Crippen LogP contribution in [0.3, 0.4) is 0 Å². The lowest BCUT2D eigenvalue weighted by Crippen LogP contribution is -2.34.